The Balaban J connectivity index is 1.72. The van der Waals surface area contributed by atoms with E-state index >= 15 is 0 Å². The average molecular weight is 332 g/mol. The van der Waals surface area contributed by atoms with Gasteiger partial charge < -0.3 is 13.9 Å². The zero-order valence-corrected chi connectivity index (χ0v) is 13.7. The molecule has 124 valence electrons. The Morgan fingerprint density at radius 2 is 1.72 bits per heavy atom. The second-order valence-electron chi connectivity index (χ2n) is 5.63. The topological polar surface area (TPSA) is 48.7 Å². The molecule has 4 heteroatoms. The van der Waals surface area contributed by atoms with Crippen LogP contribution in [-0.2, 0) is 0 Å². The van der Waals surface area contributed by atoms with Crippen LogP contribution in [0, 0.1) is 0 Å². The number of fused-ring (bicyclic) bond motifs is 2. The summed E-state index contributed by atoms with van der Waals surface area (Å²) in [5.41, 5.74) is 0.263. The van der Waals surface area contributed by atoms with E-state index in [0.29, 0.717) is 29.1 Å². The van der Waals surface area contributed by atoms with Crippen molar-refractivity contribution in [2.75, 3.05) is 6.61 Å². The Morgan fingerprint density at radius 1 is 0.920 bits per heavy atom. The third-order valence-electron chi connectivity index (χ3n) is 3.97. The molecule has 0 N–H and O–H groups in total. The molecule has 4 rings (SSSR count). The molecule has 0 aliphatic rings. The maximum Gasteiger partial charge on any atom is 0.235 e. The van der Waals surface area contributed by atoms with Gasteiger partial charge in [-0.25, -0.2) is 0 Å². The molecule has 0 unspecified atom stereocenters. The lowest BCUT2D eigenvalue weighted by molar-refractivity contribution is 0.340. The zero-order chi connectivity index (χ0) is 17.2. The van der Waals surface area contributed by atoms with E-state index < -0.39 is 0 Å². The van der Waals surface area contributed by atoms with Crippen molar-refractivity contribution in [3.63, 3.8) is 0 Å². The Kier molecular flexibility index (Phi) is 3.86. The number of ether oxygens (including phenoxy) is 2. The van der Waals surface area contributed by atoms with E-state index in [1.165, 1.54) is 6.26 Å². The lowest BCUT2D eigenvalue weighted by Gasteiger charge is -2.08. The highest BCUT2D eigenvalue weighted by atomic mass is 16.5. The van der Waals surface area contributed by atoms with E-state index in [4.69, 9.17) is 13.9 Å². The van der Waals surface area contributed by atoms with Crippen molar-refractivity contribution < 1.29 is 13.9 Å². The lowest BCUT2D eigenvalue weighted by atomic mass is 10.1. The Labute approximate surface area is 144 Å². The Morgan fingerprint density at radius 3 is 2.56 bits per heavy atom. The smallest absolute Gasteiger partial charge is 0.235 e. The monoisotopic (exact) mass is 332 g/mol. The maximum absolute atomic E-state index is 12.6. The number of benzene rings is 3. The molecule has 0 radical (unpaired) electrons. The van der Waals surface area contributed by atoms with Gasteiger partial charge in [-0.2, -0.15) is 0 Å². The van der Waals surface area contributed by atoms with Gasteiger partial charge in [-0.15, -0.1) is 0 Å². The molecule has 0 aliphatic carbocycles. The van der Waals surface area contributed by atoms with Gasteiger partial charge in [0.05, 0.1) is 12.0 Å². The molecule has 0 saturated carbocycles. The molecule has 0 atom stereocenters. The largest absolute Gasteiger partial charge is 0.494 e. The molecule has 0 fully saturated rings. The summed E-state index contributed by atoms with van der Waals surface area (Å²) in [7, 11) is 0. The first kappa shape index (κ1) is 15.3. The van der Waals surface area contributed by atoms with Gasteiger partial charge in [-0.05, 0) is 42.0 Å². The van der Waals surface area contributed by atoms with Gasteiger partial charge in [-0.3, -0.25) is 4.79 Å². The number of hydrogen-bond donors (Lipinski definition) is 0. The van der Waals surface area contributed by atoms with Crippen LogP contribution in [0.5, 0.6) is 17.2 Å². The van der Waals surface area contributed by atoms with Crippen molar-refractivity contribution in [3.05, 3.63) is 77.2 Å². The van der Waals surface area contributed by atoms with Gasteiger partial charge in [0.1, 0.15) is 23.3 Å². The van der Waals surface area contributed by atoms with Gasteiger partial charge in [0.2, 0.25) is 11.2 Å². The van der Waals surface area contributed by atoms with E-state index in [1.54, 1.807) is 18.2 Å². The molecule has 3 aromatic carbocycles. The number of hydrogen-bond acceptors (Lipinski definition) is 4. The van der Waals surface area contributed by atoms with Crippen LogP contribution in [0.2, 0.25) is 0 Å². The van der Waals surface area contributed by atoms with Crippen LogP contribution in [-0.4, -0.2) is 6.61 Å². The fourth-order valence-corrected chi connectivity index (χ4v) is 2.78. The van der Waals surface area contributed by atoms with E-state index in [9.17, 15) is 4.79 Å². The van der Waals surface area contributed by atoms with Crippen LogP contribution in [0.15, 0.2) is 76.1 Å². The standard InChI is InChI=1S/C21H16O4/c1-2-23-16-9-10-18-19(12-16)24-13-20(21(18)22)25-17-8-7-14-5-3-4-6-15(14)11-17/h3-13H,2H2,1H3. The summed E-state index contributed by atoms with van der Waals surface area (Å²) >= 11 is 0. The third-order valence-corrected chi connectivity index (χ3v) is 3.97. The molecular formula is C21H16O4. The SMILES string of the molecule is CCOc1ccc2c(=O)c(Oc3ccc4ccccc4c3)coc2c1. The van der Waals surface area contributed by atoms with Crippen molar-refractivity contribution in [1.82, 2.24) is 0 Å². The quantitative estimate of drug-likeness (QED) is 0.519. The minimum absolute atomic E-state index is 0.159. The Hall–Kier alpha value is -3.27. The van der Waals surface area contributed by atoms with Crippen molar-refractivity contribution in [2.24, 2.45) is 0 Å². The van der Waals surface area contributed by atoms with E-state index in [2.05, 4.69) is 0 Å². The molecule has 1 heterocycles. The van der Waals surface area contributed by atoms with Crippen LogP contribution in [0.4, 0.5) is 0 Å². The lowest BCUT2D eigenvalue weighted by Crippen LogP contribution is -2.05. The van der Waals surface area contributed by atoms with Crippen LogP contribution in [0.3, 0.4) is 0 Å². The zero-order valence-electron chi connectivity index (χ0n) is 13.7. The van der Waals surface area contributed by atoms with Crippen LogP contribution < -0.4 is 14.9 Å². The fourth-order valence-electron chi connectivity index (χ4n) is 2.78. The van der Waals surface area contributed by atoms with Gasteiger partial charge in [0, 0.05) is 6.07 Å². The van der Waals surface area contributed by atoms with Crippen molar-refractivity contribution in [1.29, 1.82) is 0 Å². The van der Waals surface area contributed by atoms with E-state index in [0.717, 1.165) is 10.8 Å². The molecule has 25 heavy (non-hydrogen) atoms. The van der Waals surface area contributed by atoms with Crippen molar-refractivity contribution >= 4 is 21.7 Å². The second-order valence-corrected chi connectivity index (χ2v) is 5.63. The molecule has 1 aromatic heterocycles. The molecule has 4 nitrogen and oxygen atoms in total. The second kappa shape index (κ2) is 6.32. The van der Waals surface area contributed by atoms with Gasteiger partial charge in [0.15, 0.2) is 0 Å². The van der Waals surface area contributed by atoms with Crippen LogP contribution >= 0.6 is 0 Å². The molecule has 0 bridgehead atoms. The van der Waals surface area contributed by atoms with Crippen LogP contribution in [0.25, 0.3) is 21.7 Å². The average Bonchev–Trinajstić information content (AvgIpc) is 2.64. The van der Waals surface area contributed by atoms with E-state index in [-0.39, 0.29) is 11.2 Å². The van der Waals surface area contributed by atoms with Gasteiger partial charge in [0.25, 0.3) is 0 Å². The predicted octanol–water partition coefficient (Wildman–Crippen LogP) is 5.14. The summed E-state index contributed by atoms with van der Waals surface area (Å²) in [6.45, 7) is 2.46. The first-order chi connectivity index (χ1) is 12.2. The first-order valence-electron chi connectivity index (χ1n) is 8.09. The predicted molar refractivity (Wildman–Crippen MR) is 97.7 cm³/mol. The van der Waals surface area contributed by atoms with Crippen LogP contribution in [0.1, 0.15) is 6.92 Å². The highest BCUT2D eigenvalue weighted by Gasteiger charge is 2.10. The summed E-state index contributed by atoms with van der Waals surface area (Å²) < 4.78 is 16.8. The Bertz CT molecular complexity index is 1110. The summed E-state index contributed by atoms with van der Waals surface area (Å²) in [6.07, 6.45) is 1.34. The molecule has 0 saturated heterocycles. The summed E-state index contributed by atoms with van der Waals surface area (Å²) in [4.78, 5) is 12.6. The number of rotatable bonds is 4. The van der Waals surface area contributed by atoms with Gasteiger partial charge in [-0.1, -0.05) is 30.3 Å². The summed E-state index contributed by atoms with van der Waals surface area (Å²) in [6, 6.07) is 18.8. The highest BCUT2D eigenvalue weighted by molar-refractivity contribution is 5.84. The molecule has 0 aliphatic heterocycles. The maximum atomic E-state index is 12.6. The minimum Gasteiger partial charge on any atom is -0.494 e. The van der Waals surface area contributed by atoms with Crippen molar-refractivity contribution in [2.45, 2.75) is 6.92 Å². The normalized spacial score (nSPS) is 10.9. The third kappa shape index (κ3) is 2.94. The molecular weight excluding hydrogens is 316 g/mol. The fraction of sp³-hybridized carbons (Fsp3) is 0.0952. The molecule has 0 spiro atoms. The minimum atomic E-state index is -0.211. The first-order valence-corrected chi connectivity index (χ1v) is 8.09. The molecule has 0 amide bonds. The van der Waals surface area contributed by atoms with E-state index in [1.807, 2.05) is 49.4 Å². The molecule has 4 aromatic rings. The summed E-state index contributed by atoms with van der Waals surface area (Å²) in [5, 5.41) is 2.62. The van der Waals surface area contributed by atoms with Crippen molar-refractivity contribution in [3.8, 4) is 17.2 Å². The van der Waals surface area contributed by atoms with Gasteiger partial charge >= 0.3 is 0 Å². The summed E-state index contributed by atoms with van der Waals surface area (Å²) in [5.74, 6) is 1.42. The highest BCUT2D eigenvalue weighted by Crippen LogP contribution is 2.26.